The summed E-state index contributed by atoms with van der Waals surface area (Å²) in [5, 5.41) is 0. The van der Waals surface area contributed by atoms with Crippen molar-refractivity contribution in [3.05, 3.63) is 53.9 Å². The van der Waals surface area contributed by atoms with Crippen LogP contribution in [-0.4, -0.2) is 29.2 Å². The van der Waals surface area contributed by atoms with E-state index >= 15 is 0 Å². The zero-order valence-electron chi connectivity index (χ0n) is 15.7. The molecule has 0 aliphatic heterocycles. The molecule has 0 bridgehead atoms. The molecule has 28 heavy (non-hydrogen) atoms. The summed E-state index contributed by atoms with van der Waals surface area (Å²) in [6.45, 7) is 0.192. The van der Waals surface area contributed by atoms with Crippen molar-refractivity contribution >= 4 is 17.0 Å². The molecule has 0 amide bonds. The van der Waals surface area contributed by atoms with Gasteiger partial charge in [-0.3, -0.25) is 4.57 Å². The normalized spacial score (nSPS) is 12.2. The molecular formula is C20H20F2N2O4. The Kier molecular flexibility index (Phi) is 5.77. The van der Waals surface area contributed by atoms with Crippen molar-refractivity contribution in [2.24, 2.45) is 0 Å². The van der Waals surface area contributed by atoms with Gasteiger partial charge in [0.25, 0.3) is 0 Å². The van der Waals surface area contributed by atoms with Gasteiger partial charge in [-0.15, -0.1) is 0 Å². The van der Waals surface area contributed by atoms with Gasteiger partial charge in [0.2, 0.25) is 0 Å². The Hall–Kier alpha value is -3.16. The van der Waals surface area contributed by atoms with E-state index in [1.165, 1.54) is 14.0 Å². The standard InChI is InChI=1S/C20H20F2N2O4/c1-12-8-9-16(17(10-12)26-3)27-11-18(25)28-13(2)19-23-14-6-4-5-7-15(14)24(19)20(21)22/h4-10,13,20H,11H2,1-3H3. The van der Waals surface area contributed by atoms with Crippen LogP contribution in [0.1, 0.15) is 31.0 Å². The van der Waals surface area contributed by atoms with Crippen LogP contribution in [0.3, 0.4) is 0 Å². The predicted molar refractivity (Wildman–Crippen MR) is 98.7 cm³/mol. The highest BCUT2D eigenvalue weighted by Crippen LogP contribution is 2.29. The van der Waals surface area contributed by atoms with Crippen LogP contribution >= 0.6 is 0 Å². The topological polar surface area (TPSA) is 62.6 Å². The number of rotatable bonds is 7. The van der Waals surface area contributed by atoms with E-state index in [0.717, 1.165) is 10.1 Å². The molecule has 1 heterocycles. The van der Waals surface area contributed by atoms with Gasteiger partial charge in [0.15, 0.2) is 30.0 Å². The molecular weight excluding hydrogens is 370 g/mol. The van der Waals surface area contributed by atoms with Crippen molar-refractivity contribution in [1.29, 1.82) is 0 Å². The Morgan fingerprint density at radius 1 is 1.18 bits per heavy atom. The minimum Gasteiger partial charge on any atom is -0.493 e. The predicted octanol–water partition coefficient (Wildman–Crippen LogP) is 4.43. The largest absolute Gasteiger partial charge is 0.493 e. The molecule has 3 rings (SSSR count). The summed E-state index contributed by atoms with van der Waals surface area (Å²) in [7, 11) is 1.50. The molecule has 0 fully saturated rings. The Balaban J connectivity index is 1.71. The molecule has 0 spiro atoms. The average Bonchev–Trinajstić information content (AvgIpc) is 3.06. The van der Waals surface area contributed by atoms with Crippen molar-refractivity contribution < 1.29 is 27.8 Å². The van der Waals surface area contributed by atoms with E-state index in [1.54, 1.807) is 36.4 Å². The number of benzene rings is 2. The third-order valence-corrected chi connectivity index (χ3v) is 4.15. The number of imidazole rings is 1. The number of ether oxygens (including phenoxy) is 3. The number of methoxy groups -OCH3 is 1. The first-order chi connectivity index (χ1) is 13.4. The van der Waals surface area contributed by atoms with E-state index in [4.69, 9.17) is 14.2 Å². The number of aromatic nitrogens is 2. The maximum Gasteiger partial charge on any atom is 0.344 e. The highest BCUT2D eigenvalue weighted by atomic mass is 19.3. The van der Waals surface area contributed by atoms with Gasteiger partial charge in [-0.25, -0.2) is 9.78 Å². The molecule has 1 aromatic heterocycles. The molecule has 0 saturated carbocycles. The van der Waals surface area contributed by atoms with Crippen molar-refractivity contribution in [1.82, 2.24) is 9.55 Å². The van der Waals surface area contributed by atoms with Gasteiger partial charge in [-0.2, -0.15) is 8.78 Å². The lowest BCUT2D eigenvalue weighted by molar-refractivity contribution is -0.151. The second-order valence-corrected chi connectivity index (χ2v) is 6.18. The molecule has 0 radical (unpaired) electrons. The number of hydrogen-bond acceptors (Lipinski definition) is 5. The lowest BCUT2D eigenvalue weighted by atomic mass is 10.2. The lowest BCUT2D eigenvalue weighted by Crippen LogP contribution is -2.19. The molecule has 2 aromatic carbocycles. The van der Waals surface area contributed by atoms with Gasteiger partial charge < -0.3 is 14.2 Å². The van der Waals surface area contributed by atoms with E-state index in [-0.39, 0.29) is 11.3 Å². The van der Waals surface area contributed by atoms with E-state index < -0.39 is 25.2 Å². The highest BCUT2D eigenvalue weighted by Gasteiger charge is 2.24. The first kappa shape index (κ1) is 19.6. The van der Waals surface area contributed by atoms with Crippen LogP contribution in [0.5, 0.6) is 11.5 Å². The van der Waals surface area contributed by atoms with Gasteiger partial charge in [0, 0.05) is 0 Å². The molecule has 1 unspecified atom stereocenters. The van der Waals surface area contributed by atoms with Gasteiger partial charge in [-0.05, 0) is 43.7 Å². The van der Waals surface area contributed by atoms with Gasteiger partial charge in [0.1, 0.15) is 0 Å². The number of aryl methyl sites for hydroxylation is 1. The van der Waals surface area contributed by atoms with Crippen LogP contribution in [0, 0.1) is 6.92 Å². The minimum absolute atomic E-state index is 0.0301. The van der Waals surface area contributed by atoms with Crippen LogP contribution in [0.25, 0.3) is 11.0 Å². The number of para-hydroxylation sites is 2. The number of carbonyl (C=O) groups excluding carboxylic acids is 1. The maximum atomic E-state index is 13.5. The molecule has 8 heteroatoms. The van der Waals surface area contributed by atoms with Crippen molar-refractivity contribution in [3.8, 4) is 11.5 Å². The van der Waals surface area contributed by atoms with Crippen molar-refractivity contribution in [2.45, 2.75) is 26.5 Å². The summed E-state index contributed by atoms with van der Waals surface area (Å²) < 4.78 is 43.7. The van der Waals surface area contributed by atoms with E-state index in [9.17, 15) is 13.6 Å². The monoisotopic (exact) mass is 390 g/mol. The second kappa shape index (κ2) is 8.24. The average molecular weight is 390 g/mol. The Morgan fingerprint density at radius 3 is 2.64 bits per heavy atom. The number of esters is 1. The molecule has 0 saturated heterocycles. The van der Waals surface area contributed by atoms with Crippen LogP contribution in [-0.2, 0) is 9.53 Å². The summed E-state index contributed by atoms with van der Waals surface area (Å²) in [4.78, 5) is 16.3. The first-order valence-corrected chi connectivity index (χ1v) is 8.62. The fraction of sp³-hybridized carbons (Fsp3) is 0.300. The Labute approximate surface area is 160 Å². The smallest absolute Gasteiger partial charge is 0.344 e. The molecule has 0 N–H and O–H groups in total. The molecule has 1 atom stereocenters. The highest BCUT2D eigenvalue weighted by molar-refractivity contribution is 5.76. The van der Waals surface area contributed by atoms with E-state index in [1.807, 2.05) is 13.0 Å². The van der Waals surface area contributed by atoms with Crippen LogP contribution in [0.15, 0.2) is 42.5 Å². The molecule has 0 aliphatic rings. The maximum absolute atomic E-state index is 13.5. The molecule has 3 aromatic rings. The number of fused-ring (bicyclic) bond motifs is 1. The SMILES string of the molecule is COc1cc(C)ccc1OCC(=O)OC(C)c1nc2ccccc2n1C(F)F. The van der Waals surface area contributed by atoms with Crippen LogP contribution < -0.4 is 9.47 Å². The molecule has 0 aliphatic carbocycles. The van der Waals surface area contributed by atoms with Gasteiger partial charge in [0.05, 0.1) is 18.1 Å². The van der Waals surface area contributed by atoms with Crippen LogP contribution in [0.4, 0.5) is 8.78 Å². The quantitative estimate of drug-likeness (QED) is 0.559. The third-order valence-electron chi connectivity index (χ3n) is 4.15. The summed E-state index contributed by atoms with van der Waals surface area (Å²) in [5.74, 6) is 0.137. The van der Waals surface area contributed by atoms with Gasteiger partial charge in [-0.1, -0.05) is 18.2 Å². The fourth-order valence-electron chi connectivity index (χ4n) is 2.87. The Morgan fingerprint density at radius 2 is 1.93 bits per heavy atom. The summed E-state index contributed by atoms with van der Waals surface area (Å²) in [5.41, 5.74) is 1.66. The number of halogens is 2. The number of carbonyl (C=O) groups is 1. The number of hydrogen-bond donors (Lipinski definition) is 0. The molecule has 148 valence electrons. The van der Waals surface area contributed by atoms with E-state index in [0.29, 0.717) is 17.0 Å². The first-order valence-electron chi connectivity index (χ1n) is 8.62. The summed E-state index contributed by atoms with van der Waals surface area (Å²) in [6, 6.07) is 11.8. The van der Waals surface area contributed by atoms with Gasteiger partial charge >= 0.3 is 12.5 Å². The fourth-order valence-corrected chi connectivity index (χ4v) is 2.87. The second-order valence-electron chi connectivity index (χ2n) is 6.18. The van der Waals surface area contributed by atoms with Crippen molar-refractivity contribution in [3.63, 3.8) is 0 Å². The zero-order valence-corrected chi connectivity index (χ0v) is 15.7. The van der Waals surface area contributed by atoms with Crippen LogP contribution in [0.2, 0.25) is 0 Å². The van der Waals surface area contributed by atoms with Crippen molar-refractivity contribution in [2.75, 3.05) is 13.7 Å². The van der Waals surface area contributed by atoms with E-state index in [2.05, 4.69) is 4.98 Å². The summed E-state index contributed by atoms with van der Waals surface area (Å²) in [6.07, 6.45) is -0.975. The minimum atomic E-state index is -2.81. The number of alkyl halides is 2. The number of nitrogens with zero attached hydrogens (tertiary/aromatic N) is 2. The zero-order chi connectivity index (χ0) is 20.3. The molecule has 6 nitrogen and oxygen atoms in total. The lowest BCUT2D eigenvalue weighted by Gasteiger charge is -2.16. The summed E-state index contributed by atoms with van der Waals surface area (Å²) >= 11 is 0. The Bertz CT molecular complexity index is 987. The third kappa shape index (κ3) is 4.05.